The van der Waals surface area contributed by atoms with Crippen molar-refractivity contribution in [2.45, 2.75) is 70.9 Å². The largest absolute Gasteiger partial charge is 0.355 e. The lowest BCUT2D eigenvalue weighted by molar-refractivity contribution is -0.901. The maximum Gasteiger partial charge on any atom is 0.312 e. The lowest BCUT2D eigenvalue weighted by Crippen LogP contribution is -2.58. The van der Waals surface area contributed by atoms with Crippen molar-refractivity contribution in [3.05, 3.63) is 42.0 Å². The quantitative estimate of drug-likeness (QED) is 0.0714. The Kier molecular flexibility index (Phi) is 12.7. The van der Waals surface area contributed by atoms with Gasteiger partial charge in [0.25, 0.3) is 11.8 Å². The summed E-state index contributed by atoms with van der Waals surface area (Å²) in [5, 5.41) is 11.0. The lowest BCUT2D eigenvalue weighted by Gasteiger charge is -2.39. The van der Waals surface area contributed by atoms with Gasteiger partial charge in [-0.3, -0.25) is 28.9 Å². The summed E-state index contributed by atoms with van der Waals surface area (Å²) in [6.07, 6.45) is 6.51. The van der Waals surface area contributed by atoms with Crippen LogP contribution >= 0.6 is 0 Å². The minimum atomic E-state index is -1.25. The third kappa shape index (κ3) is 10.1. The Bertz CT molecular complexity index is 1260. The minimum absolute atomic E-state index is 0.230. The van der Waals surface area contributed by atoms with E-state index >= 15 is 0 Å². The van der Waals surface area contributed by atoms with Crippen molar-refractivity contribution in [3.8, 4) is 0 Å². The van der Waals surface area contributed by atoms with E-state index in [4.69, 9.17) is 5.73 Å². The highest BCUT2D eigenvalue weighted by atomic mass is 16.2. The van der Waals surface area contributed by atoms with Crippen LogP contribution in [-0.2, 0) is 30.5 Å². The summed E-state index contributed by atoms with van der Waals surface area (Å²) in [7, 11) is 4.29. The fourth-order valence-electron chi connectivity index (χ4n) is 5.29. The monoisotopic (exact) mass is 626 g/mol. The molecule has 2 aliphatic rings. The number of carbonyl (C=O) groups is 6. The third-order valence-electron chi connectivity index (χ3n) is 8.60. The molecule has 0 radical (unpaired) electrons. The first-order valence-corrected chi connectivity index (χ1v) is 15.7. The second kappa shape index (κ2) is 16.2. The number of hydrogen-bond acceptors (Lipinski definition) is 6. The minimum Gasteiger partial charge on any atom is -0.355 e. The van der Waals surface area contributed by atoms with E-state index in [0.717, 1.165) is 23.1 Å². The first-order valence-electron chi connectivity index (χ1n) is 15.7. The molecule has 1 fully saturated rings. The second-order valence-electron chi connectivity index (χ2n) is 12.5. The number of unbranched alkanes of at least 4 members (excludes halogenated alkanes) is 2. The Morgan fingerprint density at radius 1 is 0.911 bits per heavy atom. The standard InChI is InChI=1S/C32H47N7O6/c1-4-39(2,3)22-23-11-13-24(14-12-23)36-28(42)25(10-8-20-35-31(33)45)37-30(44)32(17-9-18-32)29(43)34-19-6-5-7-21-38-26(40)15-16-27(38)41/h11-16,25H,4-10,17-22H2,1-3H3,(H5-,33,34,35,36,37,42,43,44,45)/p+1/t25-/m0/s1. The Morgan fingerprint density at radius 3 is 2.13 bits per heavy atom. The van der Waals surface area contributed by atoms with Gasteiger partial charge in [0.15, 0.2) is 0 Å². The molecule has 0 spiro atoms. The van der Waals surface area contributed by atoms with Crippen LogP contribution < -0.4 is 27.0 Å². The molecule has 0 unspecified atom stereocenters. The van der Waals surface area contributed by atoms with Crippen molar-refractivity contribution in [2.75, 3.05) is 45.6 Å². The lowest BCUT2D eigenvalue weighted by atomic mass is 9.67. The van der Waals surface area contributed by atoms with Crippen LogP contribution in [0.1, 0.15) is 63.9 Å². The fraction of sp³-hybridized carbons (Fsp3) is 0.562. The molecule has 1 aliphatic carbocycles. The van der Waals surface area contributed by atoms with Gasteiger partial charge < -0.3 is 31.5 Å². The molecule has 246 valence electrons. The average Bonchev–Trinajstić information content (AvgIpc) is 3.28. The molecule has 1 aliphatic heterocycles. The van der Waals surface area contributed by atoms with E-state index in [1.807, 2.05) is 24.3 Å². The summed E-state index contributed by atoms with van der Waals surface area (Å²) >= 11 is 0. The van der Waals surface area contributed by atoms with E-state index in [2.05, 4.69) is 42.3 Å². The number of nitrogens with two attached hydrogens (primary N) is 1. The SMILES string of the molecule is CC[N+](C)(C)Cc1ccc(NC(=O)[C@H](CCCNC(N)=O)NC(=O)C2(C(=O)NCCCCCN3C(=O)C=CC3=O)CCC2)cc1. The van der Waals surface area contributed by atoms with E-state index in [-0.39, 0.29) is 30.7 Å². The topological polar surface area (TPSA) is 180 Å². The zero-order valence-corrected chi connectivity index (χ0v) is 26.7. The third-order valence-corrected chi connectivity index (χ3v) is 8.60. The Morgan fingerprint density at radius 2 is 1.56 bits per heavy atom. The molecule has 1 aromatic carbocycles. The van der Waals surface area contributed by atoms with Crippen LogP contribution in [0.5, 0.6) is 0 Å². The van der Waals surface area contributed by atoms with Gasteiger partial charge in [0.1, 0.15) is 18.0 Å². The number of nitrogens with zero attached hydrogens (tertiary/aromatic N) is 2. The maximum absolute atomic E-state index is 13.5. The molecule has 6 N–H and O–H groups in total. The van der Waals surface area contributed by atoms with Gasteiger partial charge in [-0.05, 0) is 64.0 Å². The number of nitrogens with one attached hydrogen (secondary N) is 4. The number of primary amides is 1. The number of urea groups is 1. The van der Waals surface area contributed by atoms with Gasteiger partial charge in [0.2, 0.25) is 17.7 Å². The number of benzene rings is 1. The molecule has 13 nitrogen and oxygen atoms in total. The van der Waals surface area contributed by atoms with Crippen molar-refractivity contribution >= 4 is 41.3 Å². The van der Waals surface area contributed by atoms with Gasteiger partial charge >= 0.3 is 6.03 Å². The van der Waals surface area contributed by atoms with Crippen molar-refractivity contribution in [1.82, 2.24) is 20.9 Å². The normalized spacial score (nSPS) is 16.1. The van der Waals surface area contributed by atoms with E-state index in [1.165, 1.54) is 17.1 Å². The number of hydrogen-bond donors (Lipinski definition) is 5. The first kappa shape index (κ1) is 35.2. The highest BCUT2D eigenvalue weighted by molar-refractivity contribution is 6.12. The first-order chi connectivity index (χ1) is 21.4. The van der Waals surface area contributed by atoms with E-state index in [9.17, 15) is 28.8 Å². The van der Waals surface area contributed by atoms with Crippen molar-refractivity contribution in [2.24, 2.45) is 11.1 Å². The summed E-state index contributed by atoms with van der Waals surface area (Å²) in [5.74, 6) is -1.92. The van der Waals surface area contributed by atoms with Crippen LogP contribution in [-0.4, -0.2) is 91.3 Å². The van der Waals surface area contributed by atoms with Crippen LogP contribution in [0.25, 0.3) is 0 Å². The zero-order valence-electron chi connectivity index (χ0n) is 26.7. The molecule has 0 saturated heterocycles. The number of carbonyl (C=O) groups excluding carboxylic acids is 6. The molecule has 7 amide bonds. The van der Waals surface area contributed by atoms with Crippen LogP contribution in [0.4, 0.5) is 10.5 Å². The molecule has 1 saturated carbocycles. The number of imide groups is 1. The van der Waals surface area contributed by atoms with E-state index < -0.39 is 29.3 Å². The molecule has 0 aromatic heterocycles. The molecular formula is C32H48N7O6+. The average molecular weight is 627 g/mol. The van der Waals surface area contributed by atoms with Crippen molar-refractivity contribution < 1.29 is 33.3 Å². The van der Waals surface area contributed by atoms with Crippen molar-refractivity contribution in [1.29, 1.82) is 0 Å². The highest BCUT2D eigenvalue weighted by Gasteiger charge is 2.51. The number of anilines is 1. The van der Waals surface area contributed by atoms with Gasteiger partial charge in [-0.2, -0.15) is 0 Å². The molecular weight excluding hydrogens is 578 g/mol. The zero-order chi connectivity index (χ0) is 33.0. The van der Waals surface area contributed by atoms with Gasteiger partial charge in [0.05, 0.1) is 20.6 Å². The Balaban J connectivity index is 1.55. The molecule has 3 rings (SSSR count). The molecule has 13 heteroatoms. The van der Waals surface area contributed by atoms with Crippen LogP contribution in [0.3, 0.4) is 0 Å². The summed E-state index contributed by atoms with van der Waals surface area (Å²) in [6, 6.07) is 5.98. The number of amides is 7. The Labute approximate surface area is 264 Å². The second-order valence-corrected chi connectivity index (χ2v) is 12.5. The maximum atomic E-state index is 13.5. The summed E-state index contributed by atoms with van der Waals surface area (Å²) in [5.41, 5.74) is 5.63. The Hall–Kier alpha value is -4.26. The van der Waals surface area contributed by atoms with Gasteiger partial charge in [0, 0.05) is 43.0 Å². The van der Waals surface area contributed by atoms with Gasteiger partial charge in [-0.1, -0.05) is 18.6 Å². The van der Waals surface area contributed by atoms with Crippen LogP contribution in [0, 0.1) is 5.41 Å². The highest BCUT2D eigenvalue weighted by Crippen LogP contribution is 2.41. The summed E-state index contributed by atoms with van der Waals surface area (Å²) < 4.78 is 0.829. The number of quaternary nitrogens is 1. The van der Waals surface area contributed by atoms with Crippen molar-refractivity contribution in [3.63, 3.8) is 0 Å². The summed E-state index contributed by atoms with van der Waals surface area (Å²) in [4.78, 5) is 75.7. The molecule has 45 heavy (non-hydrogen) atoms. The van der Waals surface area contributed by atoms with Gasteiger partial charge in [-0.25, -0.2) is 4.79 Å². The summed E-state index contributed by atoms with van der Waals surface area (Å²) in [6.45, 7) is 4.86. The molecule has 1 aromatic rings. The number of rotatable bonds is 18. The van der Waals surface area contributed by atoms with Crippen LogP contribution in [0.2, 0.25) is 0 Å². The molecule has 1 atom stereocenters. The smallest absolute Gasteiger partial charge is 0.312 e. The predicted octanol–water partition coefficient (Wildman–Crippen LogP) is 1.54. The molecule has 0 bridgehead atoms. The van der Waals surface area contributed by atoms with Gasteiger partial charge in [-0.15, -0.1) is 0 Å². The van der Waals surface area contributed by atoms with E-state index in [0.29, 0.717) is 63.7 Å². The van der Waals surface area contributed by atoms with Crippen LogP contribution in [0.15, 0.2) is 36.4 Å². The molecule has 1 heterocycles. The predicted molar refractivity (Wildman–Crippen MR) is 169 cm³/mol. The van der Waals surface area contributed by atoms with E-state index in [1.54, 1.807) is 0 Å². The fourth-order valence-corrected chi connectivity index (χ4v) is 5.29.